The Labute approximate surface area is 119 Å². The van der Waals surface area contributed by atoms with Gasteiger partial charge in [0.15, 0.2) is 5.96 Å². The predicted octanol–water partition coefficient (Wildman–Crippen LogP) is 1.24. The van der Waals surface area contributed by atoms with Crippen molar-refractivity contribution < 1.29 is 9.53 Å². The summed E-state index contributed by atoms with van der Waals surface area (Å²) in [6.07, 6.45) is 0. The lowest BCUT2D eigenvalue weighted by molar-refractivity contribution is -0.123. The van der Waals surface area contributed by atoms with E-state index in [1.807, 2.05) is 32.0 Å². The summed E-state index contributed by atoms with van der Waals surface area (Å²) in [5, 5.41) is 5.95. The van der Waals surface area contributed by atoms with Gasteiger partial charge in [0.1, 0.15) is 5.54 Å². The Hall–Kier alpha value is -1.88. The van der Waals surface area contributed by atoms with Gasteiger partial charge in [-0.1, -0.05) is 18.2 Å². The Morgan fingerprint density at radius 2 is 2.05 bits per heavy atom. The number of guanidine groups is 1. The number of amides is 1. The minimum atomic E-state index is -0.773. The summed E-state index contributed by atoms with van der Waals surface area (Å²) in [7, 11) is 1.63. The van der Waals surface area contributed by atoms with E-state index in [0.29, 0.717) is 19.1 Å². The molecule has 1 aliphatic rings. The average Bonchev–Trinajstić information content (AvgIpc) is 2.70. The standard InChI is InChI=1S/C15H21N3O2/c1-10-5-6-12(9-11(10)2)15(3)13(19)17-14(18-15)16-7-8-20-4/h5-6,9H,7-8H2,1-4H3,(H2,16,17,18,19). The number of aliphatic imine (C=N–C) groups is 1. The van der Waals surface area contributed by atoms with Crippen molar-refractivity contribution in [1.82, 2.24) is 10.6 Å². The first kappa shape index (κ1) is 14.5. The largest absolute Gasteiger partial charge is 0.383 e. The highest BCUT2D eigenvalue weighted by Gasteiger charge is 2.42. The van der Waals surface area contributed by atoms with Crippen LogP contribution >= 0.6 is 0 Å². The number of hydrogen-bond acceptors (Lipinski definition) is 3. The lowest BCUT2D eigenvalue weighted by Gasteiger charge is -2.22. The number of aryl methyl sites for hydroxylation is 2. The molecule has 0 bridgehead atoms. The first-order valence-electron chi connectivity index (χ1n) is 6.68. The lowest BCUT2D eigenvalue weighted by atomic mass is 9.90. The Balaban J connectivity index is 2.24. The highest BCUT2D eigenvalue weighted by atomic mass is 16.5. The van der Waals surface area contributed by atoms with Gasteiger partial charge < -0.3 is 10.1 Å². The van der Waals surface area contributed by atoms with Gasteiger partial charge in [-0.05, 0) is 37.5 Å². The Morgan fingerprint density at radius 3 is 2.70 bits per heavy atom. The summed E-state index contributed by atoms with van der Waals surface area (Å²) in [5.41, 5.74) is 2.55. The molecular weight excluding hydrogens is 254 g/mol. The third kappa shape index (κ3) is 2.67. The zero-order valence-electron chi connectivity index (χ0n) is 12.4. The van der Waals surface area contributed by atoms with Crippen molar-refractivity contribution in [1.29, 1.82) is 0 Å². The first-order chi connectivity index (χ1) is 9.47. The van der Waals surface area contributed by atoms with Crippen LogP contribution in [0.5, 0.6) is 0 Å². The van der Waals surface area contributed by atoms with E-state index < -0.39 is 5.54 Å². The maximum absolute atomic E-state index is 12.3. The molecule has 1 heterocycles. The van der Waals surface area contributed by atoms with Crippen molar-refractivity contribution >= 4 is 11.9 Å². The fourth-order valence-electron chi connectivity index (χ4n) is 2.14. The second-order valence-corrected chi connectivity index (χ2v) is 5.23. The summed E-state index contributed by atoms with van der Waals surface area (Å²) in [6, 6.07) is 6.05. The van der Waals surface area contributed by atoms with E-state index in [0.717, 1.165) is 5.56 Å². The van der Waals surface area contributed by atoms with E-state index in [1.54, 1.807) is 7.11 Å². The van der Waals surface area contributed by atoms with E-state index in [2.05, 4.69) is 22.5 Å². The van der Waals surface area contributed by atoms with Crippen LogP contribution < -0.4 is 10.6 Å². The maximum Gasteiger partial charge on any atom is 0.256 e. The van der Waals surface area contributed by atoms with E-state index in [-0.39, 0.29) is 5.91 Å². The van der Waals surface area contributed by atoms with Crippen LogP contribution in [0.25, 0.3) is 0 Å². The summed E-state index contributed by atoms with van der Waals surface area (Å²) in [4.78, 5) is 16.5. The van der Waals surface area contributed by atoms with Crippen LogP contribution in [0.4, 0.5) is 0 Å². The third-order valence-electron chi connectivity index (χ3n) is 3.70. The number of ether oxygens (including phenoxy) is 1. The molecule has 0 saturated carbocycles. The van der Waals surface area contributed by atoms with Crippen LogP contribution in [0.3, 0.4) is 0 Å². The second kappa shape index (κ2) is 5.63. The maximum atomic E-state index is 12.3. The molecule has 1 aromatic carbocycles. The SMILES string of the molecule is COCCN=C1NC(=O)C(C)(c2ccc(C)c(C)c2)N1. The molecule has 20 heavy (non-hydrogen) atoms. The molecule has 1 aromatic rings. The number of hydrogen-bond donors (Lipinski definition) is 2. The van der Waals surface area contributed by atoms with Crippen molar-refractivity contribution in [2.24, 2.45) is 4.99 Å². The molecule has 1 fully saturated rings. The fraction of sp³-hybridized carbons (Fsp3) is 0.467. The van der Waals surface area contributed by atoms with E-state index in [1.165, 1.54) is 11.1 Å². The van der Waals surface area contributed by atoms with Crippen LogP contribution in [0.15, 0.2) is 23.2 Å². The predicted molar refractivity (Wildman–Crippen MR) is 78.7 cm³/mol. The minimum Gasteiger partial charge on any atom is -0.383 e. The minimum absolute atomic E-state index is 0.0862. The number of nitrogens with zero attached hydrogens (tertiary/aromatic N) is 1. The Kier molecular flexibility index (Phi) is 4.09. The molecule has 1 aliphatic heterocycles. The van der Waals surface area contributed by atoms with Crippen molar-refractivity contribution in [3.63, 3.8) is 0 Å². The monoisotopic (exact) mass is 275 g/mol. The summed E-state index contributed by atoms with van der Waals surface area (Å²) in [6.45, 7) is 7.01. The molecule has 5 nitrogen and oxygen atoms in total. The van der Waals surface area contributed by atoms with Gasteiger partial charge in [-0.3, -0.25) is 15.1 Å². The van der Waals surface area contributed by atoms with E-state index in [9.17, 15) is 4.79 Å². The van der Waals surface area contributed by atoms with Gasteiger partial charge in [0.05, 0.1) is 13.2 Å². The molecule has 5 heteroatoms. The molecule has 0 aliphatic carbocycles. The highest BCUT2D eigenvalue weighted by Crippen LogP contribution is 2.26. The molecule has 108 valence electrons. The van der Waals surface area contributed by atoms with Gasteiger partial charge in [-0.15, -0.1) is 0 Å². The van der Waals surface area contributed by atoms with Crippen molar-refractivity contribution in [3.05, 3.63) is 34.9 Å². The average molecular weight is 275 g/mol. The van der Waals surface area contributed by atoms with Gasteiger partial charge >= 0.3 is 0 Å². The van der Waals surface area contributed by atoms with Crippen molar-refractivity contribution in [2.75, 3.05) is 20.3 Å². The molecule has 1 saturated heterocycles. The summed E-state index contributed by atoms with van der Waals surface area (Å²) < 4.78 is 4.95. The quantitative estimate of drug-likeness (QED) is 0.813. The zero-order valence-corrected chi connectivity index (χ0v) is 12.4. The smallest absolute Gasteiger partial charge is 0.256 e. The normalized spacial score (nSPS) is 23.8. The van der Waals surface area contributed by atoms with Crippen LogP contribution in [-0.4, -0.2) is 32.1 Å². The van der Waals surface area contributed by atoms with Crippen molar-refractivity contribution in [2.45, 2.75) is 26.3 Å². The molecule has 1 unspecified atom stereocenters. The molecule has 2 N–H and O–H groups in total. The highest BCUT2D eigenvalue weighted by molar-refractivity contribution is 6.09. The molecule has 2 rings (SSSR count). The first-order valence-corrected chi connectivity index (χ1v) is 6.68. The molecule has 1 atom stereocenters. The van der Waals surface area contributed by atoms with Crippen LogP contribution in [0.2, 0.25) is 0 Å². The number of rotatable bonds is 4. The van der Waals surface area contributed by atoms with Gasteiger partial charge in [0.25, 0.3) is 5.91 Å². The van der Waals surface area contributed by atoms with Gasteiger partial charge in [-0.25, -0.2) is 0 Å². The topological polar surface area (TPSA) is 62.7 Å². The third-order valence-corrected chi connectivity index (χ3v) is 3.70. The lowest BCUT2D eigenvalue weighted by Crippen LogP contribution is -2.40. The van der Waals surface area contributed by atoms with Gasteiger partial charge in [0, 0.05) is 7.11 Å². The molecular formula is C15H21N3O2. The van der Waals surface area contributed by atoms with Gasteiger partial charge in [0.2, 0.25) is 0 Å². The van der Waals surface area contributed by atoms with Crippen LogP contribution in [-0.2, 0) is 15.1 Å². The molecule has 1 amide bonds. The van der Waals surface area contributed by atoms with Crippen molar-refractivity contribution in [3.8, 4) is 0 Å². The van der Waals surface area contributed by atoms with E-state index >= 15 is 0 Å². The number of methoxy groups -OCH3 is 1. The molecule has 0 radical (unpaired) electrons. The number of carbonyl (C=O) groups excluding carboxylic acids is 1. The Morgan fingerprint density at radius 1 is 1.30 bits per heavy atom. The molecule has 0 spiro atoms. The summed E-state index contributed by atoms with van der Waals surface area (Å²) >= 11 is 0. The Bertz CT molecular complexity index is 554. The number of carbonyl (C=O) groups is 1. The van der Waals surface area contributed by atoms with Crippen LogP contribution in [0.1, 0.15) is 23.6 Å². The number of nitrogens with one attached hydrogen (secondary N) is 2. The van der Waals surface area contributed by atoms with E-state index in [4.69, 9.17) is 4.74 Å². The molecule has 0 aromatic heterocycles. The van der Waals surface area contributed by atoms with Crippen LogP contribution in [0, 0.1) is 13.8 Å². The zero-order chi connectivity index (χ0) is 14.8. The number of benzene rings is 1. The second-order valence-electron chi connectivity index (χ2n) is 5.23. The van der Waals surface area contributed by atoms with Gasteiger partial charge in [-0.2, -0.15) is 0 Å². The fourth-order valence-corrected chi connectivity index (χ4v) is 2.14. The summed E-state index contributed by atoms with van der Waals surface area (Å²) in [5.74, 6) is 0.421.